The monoisotopic (exact) mass is 628 g/mol. The normalized spacial score (nSPS) is 14.3. The van der Waals surface area contributed by atoms with E-state index in [9.17, 15) is 14.7 Å². The number of aryl methyl sites for hydroxylation is 1. The van der Waals surface area contributed by atoms with Crippen LogP contribution in [-0.4, -0.2) is 62.2 Å². The van der Waals surface area contributed by atoms with Gasteiger partial charge in [-0.3, -0.25) is 9.59 Å². The second-order valence-corrected chi connectivity index (χ2v) is 12.6. The molecule has 1 atom stereocenters. The SMILES string of the molecule is CCCCN(CCCC)C(=O)c1cc(C)n(-c2ccc(-c3cccc4ccccc34)cc2C(=O)N2Cc3ccccc3C[C@H]2CO)n1. The van der Waals surface area contributed by atoms with E-state index in [4.69, 9.17) is 5.10 Å². The van der Waals surface area contributed by atoms with Crippen molar-refractivity contribution in [3.05, 3.63) is 119 Å². The van der Waals surface area contributed by atoms with E-state index in [1.165, 1.54) is 0 Å². The highest BCUT2D eigenvalue weighted by molar-refractivity contribution is 6.02. The molecule has 1 N–H and O–H groups in total. The van der Waals surface area contributed by atoms with Gasteiger partial charge in [-0.1, -0.05) is 99.5 Å². The molecule has 0 unspecified atom stereocenters. The number of amides is 2. The molecular formula is C40H44N4O3. The minimum Gasteiger partial charge on any atom is -0.394 e. The lowest BCUT2D eigenvalue weighted by Gasteiger charge is -2.36. The van der Waals surface area contributed by atoms with Crippen LogP contribution in [0.3, 0.4) is 0 Å². The fourth-order valence-corrected chi connectivity index (χ4v) is 6.68. The van der Waals surface area contributed by atoms with Crippen LogP contribution in [-0.2, 0) is 13.0 Å². The molecule has 7 heteroatoms. The molecule has 0 spiro atoms. The van der Waals surface area contributed by atoms with Crippen molar-refractivity contribution in [3.63, 3.8) is 0 Å². The van der Waals surface area contributed by atoms with Crippen LogP contribution in [0.15, 0.2) is 91.0 Å². The maximum absolute atomic E-state index is 14.7. The number of benzene rings is 4. The molecule has 0 fully saturated rings. The lowest BCUT2D eigenvalue weighted by Crippen LogP contribution is -2.46. The lowest BCUT2D eigenvalue weighted by molar-refractivity contribution is 0.0544. The highest BCUT2D eigenvalue weighted by Gasteiger charge is 2.32. The molecule has 0 aliphatic carbocycles. The van der Waals surface area contributed by atoms with Crippen molar-refractivity contribution >= 4 is 22.6 Å². The van der Waals surface area contributed by atoms with Crippen molar-refractivity contribution < 1.29 is 14.7 Å². The van der Waals surface area contributed by atoms with E-state index in [0.717, 1.165) is 64.4 Å². The molecule has 4 aromatic carbocycles. The number of fused-ring (bicyclic) bond motifs is 2. The summed E-state index contributed by atoms with van der Waals surface area (Å²) in [6.07, 6.45) is 4.48. The predicted molar refractivity (Wildman–Crippen MR) is 188 cm³/mol. The standard InChI is InChI=1S/C40H44N4O3/c1-4-6-21-42(22-7-5-2)40(47)37-23-28(3)44(41-37)38-20-19-31(35-18-12-16-29-13-10-11-17-34(29)35)25-36(38)39(46)43-26-32-15-9-8-14-30(32)24-33(43)27-45/h8-20,23,25,33,45H,4-7,21-22,24,26-27H2,1-3H3/t33-/m0/s1. The van der Waals surface area contributed by atoms with E-state index in [1.807, 2.05) is 66.4 Å². The Morgan fingerprint density at radius 2 is 1.57 bits per heavy atom. The number of carbonyl (C=O) groups is 2. The van der Waals surface area contributed by atoms with Gasteiger partial charge in [-0.25, -0.2) is 4.68 Å². The van der Waals surface area contributed by atoms with Crippen LogP contribution >= 0.6 is 0 Å². The molecule has 0 saturated carbocycles. The van der Waals surface area contributed by atoms with Crippen molar-refractivity contribution in [1.29, 1.82) is 0 Å². The predicted octanol–water partition coefficient (Wildman–Crippen LogP) is 7.60. The number of aromatic nitrogens is 2. The molecule has 6 rings (SSSR count). The smallest absolute Gasteiger partial charge is 0.274 e. The third kappa shape index (κ3) is 6.58. The summed E-state index contributed by atoms with van der Waals surface area (Å²) >= 11 is 0. The van der Waals surface area contributed by atoms with Crippen LogP contribution in [0.4, 0.5) is 0 Å². The third-order valence-corrected chi connectivity index (χ3v) is 9.34. The first-order chi connectivity index (χ1) is 22.9. The zero-order valence-corrected chi connectivity index (χ0v) is 27.7. The summed E-state index contributed by atoms with van der Waals surface area (Å²) in [5.74, 6) is -0.257. The van der Waals surface area contributed by atoms with Crippen LogP contribution in [0.25, 0.3) is 27.6 Å². The number of carbonyl (C=O) groups excluding carboxylic acids is 2. The zero-order valence-electron chi connectivity index (χ0n) is 27.7. The highest BCUT2D eigenvalue weighted by atomic mass is 16.3. The Kier molecular flexibility index (Phi) is 9.83. The maximum Gasteiger partial charge on any atom is 0.274 e. The molecule has 47 heavy (non-hydrogen) atoms. The van der Waals surface area contributed by atoms with Crippen LogP contribution in [0, 0.1) is 6.92 Å². The summed E-state index contributed by atoms with van der Waals surface area (Å²) in [6.45, 7) is 7.85. The molecule has 0 radical (unpaired) electrons. The number of hydrogen-bond donors (Lipinski definition) is 1. The van der Waals surface area contributed by atoms with E-state index in [-0.39, 0.29) is 24.5 Å². The van der Waals surface area contributed by atoms with Crippen molar-refractivity contribution in [3.8, 4) is 16.8 Å². The van der Waals surface area contributed by atoms with Gasteiger partial charge in [0.05, 0.1) is 23.9 Å². The summed E-state index contributed by atoms with van der Waals surface area (Å²) in [7, 11) is 0. The Morgan fingerprint density at radius 3 is 2.32 bits per heavy atom. The minimum absolute atomic E-state index is 0.0815. The first-order valence-electron chi connectivity index (χ1n) is 16.9. The Balaban J connectivity index is 1.45. The van der Waals surface area contributed by atoms with Crippen molar-refractivity contribution in [1.82, 2.24) is 19.6 Å². The van der Waals surface area contributed by atoms with E-state index in [1.54, 1.807) is 9.58 Å². The number of aliphatic hydroxyl groups excluding tert-OH is 1. The van der Waals surface area contributed by atoms with E-state index in [2.05, 4.69) is 50.2 Å². The van der Waals surface area contributed by atoms with Crippen molar-refractivity contribution in [2.24, 2.45) is 0 Å². The summed E-state index contributed by atoms with van der Waals surface area (Å²) in [5, 5.41) is 17.5. The van der Waals surface area contributed by atoms with Gasteiger partial charge in [0.1, 0.15) is 0 Å². The Morgan fingerprint density at radius 1 is 0.872 bits per heavy atom. The molecule has 5 aromatic rings. The fraction of sp³-hybridized carbons (Fsp3) is 0.325. The largest absolute Gasteiger partial charge is 0.394 e. The molecule has 242 valence electrons. The maximum atomic E-state index is 14.7. The Bertz CT molecular complexity index is 1880. The van der Waals surface area contributed by atoms with Gasteiger partial charge < -0.3 is 14.9 Å². The number of aliphatic hydroxyl groups is 1. The zero-order chi connectivity index (χ0) is 32.9. The first kappa shape index (κ1) is 32.2. The number of unbranched alkanes of at least 4 members (excludes halogenated alkanes) is 2. The summed E-state index contributed by atoms with van der Waals surface area (Å²) < 4.78 is 1.73. The van der Waals surface area contributed by atoms with Gasteiger partial charge in [0, 0.05) is 25.3 Å². The van der Waals surface area contributed by atoms with Gasteiger partial charge in [-0.15, -0.1) is 0 Å². The molecular weight excluding hydrogens is 584 g/mol. The second-order valence-electron chi connectivity index (χ2n) is 12.6. The van der Waals surface area contributed by atoms with E-state index < -0.39 is 0 Å². The minimum atomic E-state index is -0.354. The van der Waals surface area contributed by atoms with Gasteiger partial charge in [0.15, 0.2) is 5.69 Å². The number of rotatable bonds is 11. The average molecular weight is 629 g/mol. The van der Waals surface area contributed by atoms with Crippen LogP contribution in [0.5, 0.6) is 0 Å². The van der Waals surface area contributed by atoms with E-state index >= 15 is 0 Å². The van der Waals surface area contributed by atoms with Crippen LogP contribution in [0.2, 0.25) is 0 Å². The Hall–Kier alpha value is -4.75. The molecule has 2 heterocycles. The molecule has 2 amide bonds. The lowest BCUT2D eigenvalue weighted by atomic mass is 9.92. The first-order valence-corrected chi connectivity index (χ1v) is 16.9. The van der Waals surface area contributed by atoms with Crippen molar-refractivity contribution in [2.45, 2.75) is 65.5 Å². The summed E-state index contributed by atoms with van der Waals surface area (Å²) in [4.78, 5) is 32.1. The topological polar surface area (TPSA) is 78.7 Å². The molecule has 1 aromatic heterocycles. The molecule has 7 nitrogen and oxygen atoms in total. The number of hydrogen-bond acceptors (Lipinski definition) is 4. The third-order valence-electron chi connectivity index (χ3n) is 9.34. The summed E-state index contributed by atoms with van der Waals surface area (Å²) in [5.41, 5.74) is 6.43. The number of nitrogens with zero attached hydrogens (tertiary/aromatic N) is 4. The average Bonchev–Trinajstić information content (AvgIpc) is 3.51. The van der Waals surface area contributed by atoms with Gasteiger partial charge in [-0.2, -0.15) is 5.10 Å². The van der Waals surface area contributed by atoms with Gasteiger partial charge >= 0.3 is 0 Å². The van der Waals surface area contributed by atoms with Crippen molar-refractivity contribution in [2.75, 3.05) is 19.7 Å². The van der Waals surface area contributed by atoms with Crippen LogP contribution < -0.4 is 0 Å². The Labute approximate surface area is 277 Å². The van der Waals surface area contributed by atoms with Gasteiger partial charge in [0.25, 0.3) is 11.8 Å². The molecule has 1 aliphatic heterocycles. The summed E-state index contributed by atoms with van der Waals surface area (Å²) in [6, 6.07) is 30.0. The quantitative estimate of drug-likeness (QED) is 0.163. The molecule has 1 aliphatic rings. The second kappa shape index (κ2) is 14.3. The van der Waals surface area contributed by atoms with E-state index in [0.29, 0.717) is 43.0 Å². The highest BCUT2D eigenvalue weighted by Crippen LogP contribution is 2.33. The molecule has 0 bridgehead atoms. The van der Waals surface area contributed by atoms with Crippen LogP contribution in [0.1, 0.15) is 77.2 Å². The molecule has 0 saturated heterocycles. The van der Waals surface area contributed by atoms with Gasteiger partial charge in [0.2, 0.25) is 0 Å². The fourth-order valence-electron chi connectivity index (χ4n) is 6.68. The van der Waals surface area contributed by atoms with Gasteiger partial charge in [-0.05, 0) is 77.4 Å².